The van der Waals surface area contributed by atoms with Gasteiger partial charge in [0.1, 0.15) is 5.82 Å². The van der Waals surface area contributed by atoms with Crippen molar-refractivity contribution < 1.29 is 9.18 Å². The van der Waals surface area contributed by atoms with Gasteiger partial charge in [0.05, 0.1) is 11.1 Å². The molecule has 1 amide bonds. The molecular formula is C19H17ClFNO. The fourth-order valence-corrected chi connectivity index (χ4v) is 3.12. The quantitative estimate of drug-likeness (QED) is 0.737. The lowest BCUT2D eigenvalue weighted by molar-refractivity contribution is -0.126. The van der Waals surface area contributed by atoms with Crippen LogP contribution < -0.4 is 0 Å². The zero-order valence-electron chi connectivity index (χ0n) is 12.6. The zero-order chi connectivity index (χ0) is 16.2. The van der Waals surface area contributed by atoms with Crippen LogP contribution in [0.15, 0.2) is 54.6 Å². The highest BCUT2D eigenvalue weighted by atomic mass is 35.5. The Bertz CT molecular complexity index is 729. The van der Waals surface area contributed by atoms with Gasteiger partial charge in [-0.25, -0.2) is 4.39 Å². The van der Waals surface area contributed by atoms with Crippen LogP contribution >= 0.6 is 11.6 Å². The molecule has 3 rings (SSSR count). The fraction of sp³-hybridized carbons (Fsp3) is 0.211. The van der Waals surface area contributed by atoms with E-state index in [1.54, 1.807) is 12.1 Å². The Balaban J connectivity index is 1.74. The van der Waals surface area contributed by atoms with Gasteiger partial charge in [0.15, 0.2) is 0 Å². The van der Waals surface area contributed by atoms with Gasteiger partial charge in [-0.1, -0.05) is 48.0 Å². The Hall–Kier alpha value is -2.13. The third-order valence-electron chi connectivity index (χ3n) is 4.08. The number of halogens is 2. The maximum Gasteiger partial charge on any atom is 0.247 e. The molecule has 1 atom stereocenters. The van der Waals surface area contributed by atoms with Crippen molar-refractivity contribution in [2.24, 2.45) is 0 Å². The van der Waals surface area contributed by atoms with E-state index in [0.717, 1.165) is 24.9 Å². The molecule has 0 radical (unpaired) electrons. The molecule has 1 heterocycles. The summed E-state index contributed by atoms with van der Waals surface area (Å²) in [5.74, 6) is -0.490. The first kappa shape index (κ1) is 15.8. The predicted molar refractivity (Wildman–Crippen MR) is 90.6 cm³/mol. The first-order valence-electron chi connectivity index (χ1n) is 7.64. The Morgan fingerprint density at radius 2 is 2.00 bits per heavy atom. The number of rotatable bonds is 3. The number of nitrogens with zero attached hydrogens (tertiary/aromatic N) is 1. The van der Waals surface area contributed by atoms with Crippen LogP contribution in [0.25, 0.3) is 6.08 Å². The summed E-state index contributed by atoms with van der Waals surface area (Å²) in [6.07, 6.45) is 5.19. The molecule has 1 fully saturated rings. The topological polar surface area (TPSA) is 20.3 Å². The minimum Gasteiger partial charge on any atom is -0.332 e. The van der Waals surface area contributed by atoms with Crippen molar-refractivity contribution >= 4 is 23.6 Å². The van der Waals surface area contributed by atoms with Crippen LogP contribution in [0.5, 0.6) is 0 Å². The Labute approximate surface area is 140 Å². The van der Waals surface area contributed by atoms with E-state index in [4.69, 9.17) is 11.6 Å². The summed E-state index contributed by atoms with van der Waals surface area (Å²) in [4.78, 5) is 14.4. The van der Waals surface area contributed by atoms with Gasteiger partial charge < -0.3 is 4.90 Å². The summed E-state index contributed by atoms with van der Waals surface area (Å²) in [6.45, 7) is 0.757. The molecular weight excluding hydrogens is 313 g/mol. The van der Waals surface area contributed by atoms with Crippen LogP contribution in [0.4, 0.5) is 4.39 Å². The minimum absolute atomic E-state index is 0.0307. The Morgan fingerprint density at radius 3 is 2.74 bits per heavy atom. The number of carbonyl (C=O) groups excluding carboxylic acids is 1. The van der Waals surface area contributed by atoms with E-state index in [0.29, 0.717) is 5.56 Å². The first-order valence-corrected chi connectivity index (χ1v) is 8.01. The van der Waals surface area contributed by atoms with Crippen molar-refractivity contribution in [1.29, 1.82) is 0 Å². The van der Waals surface area contributed by atoms with E-state index in [9.17, 15) is 9.18 Å². The lowest BCUT2D eigenvalue weighted by Gasteiger charge is -2.23. The van der Waals surface area contributed by atoms with Gasteiger partial charge in [0.25, 0.3) is 0 Å². The summed E-state index contributed by atoms with van der Waals surface area (Å²) in [7, 11) is 0. The molecule has 0 aromatic heterocycles. The van der Waals surface area contributed by atoms with E-state index in [1.807, 2.05) is 23.1 Å². The highest BCUT2D eigenvalue weighted by molar-refractivity contribution is 6.30. The number of hydrogen-bond donors (Lipinski definition) is 0. The van der Waals surface area contributed by atoms with Crippen molar-refractivity contribution in [3.8, 4) is 0 Å². The molecule has 1 aliphatic rings. The van der Waals surface area contributed by atoms with Gasteiger partial charge in [-0.3, -0.25) is 4.79 Å². The molecule has 0 bridgehead atoms. The Morgan fingerprint density at radius 1 is 1.22 bits per heavy atom. The van der Waals surface area contributed by atoms with Crippen molar-refractivity contribution in [2.75, 3.05) is 6.54 Å². The second-order valence-corrected chi connectivity index (χ2v) is 6.01. The molecule has 23 heavy (non-hydrogen) atoms. The second-order valence-electron chi connectivity index (χ2n) is 5.61. The summed E-state index contributed by atoms with van der Waals surface area (Å²) in [6, 6.07) is 14.6. The third-order valence-corrected chi connectivity index (χ3v) is 4.37. The van der Waals surface area contributed by atoms with Crippen LogP contribution in [0.2, 0.25) is 5.02 Å². The highest BCUT2D eigenvalue weighted by Gasteiger charge is 2.28. The summed E-state index contributed by atoms with van der Waals surface area (Å²) in [5.41, 5.74) is 1.87. The summed E-state index contributed by atoms with van der Waals surface area (Å²) in [5, 5.41) is 0.0583. The zero-order valence-corrected chi connectivity index (χ0v) is 13.3. The fourth-order valence-electron chi connectivity index (χ4n) is 2.93. The third kappa shape index (κ3) is 3.62. The van der Waals surface area contributed by atoms with Crippen molar-refractivity contribution in [2.45, 2.75) is 18.9 Å². The van der Waals surface area contributed by atoms with Gasteiger partial charge in [-0.15, -0.1) is 0 Å². The van der Waals surface area contributed by atoms with Crippen LogP contribution in [-0.2, 0) is 4.79 Å². The molecule has 0 N–H and O–H groups in total. The van der Waals surface area contributed by atoms with Crippen LogP contribution in [-0.4, -0.2) is 17.4 Å². The van der Waals surface area contributed by atoms with E-state index < -0.39 is 5.82 Å². The van der Waals surface area contributed by atoms with E-state index in [-0.39, 0.29) is 17.0 Å². The molecule has 1 aliphatic heterocycles. The van der Waals surface area contributed by atoms with Gasteiger partial charge >= 0.3 is 0 Å². The molecule has 0 aliphatic carbocycles. The largest absolute Gasteiger partial charge is 0.332 e. The van der Waals surface area contributed by atoms with Crippen LogP contribution in [0.1, 0.15) is 30.0 Å². The Kier molecular flexibility index (Phi) is 4.77. The lowest BCUT2D eigenvalue weighted by Crippen LogP contribution is -2.28. The van der Waals surface area contributed by atoms with Crippen LogP contribution in [0, 0.1) is 5.82 Å². The van der Waals surface area contributed by atoms with Crippen molar-refractivity contribution in [3.05, 3.63) is 76.6 Å². The van der Waals surface area contributed by atoms with Gasteiger partial charge in [-0.2, -0.15) is 0 Å². The monoisotopic (exact) mass is 329 g/mol. The number of carbonyl (C=O) groups is 1. The second kappa shape index (κ2) is 6.97. The number of amides is 1. The highest BCUT2D eigenvalue weighted by Crippen LogP contribution is 2.32. The number of benzene rings is 2. The molecule has 2 aromatic carbocycles. The molecule has 2 aromatic rings. The molecule has 4 heteroatoms. The van der Waals surface area contributed by atoms with E-state index >= 15 is 0 Å². The van der Waals surface area contributed by atoms with Gasteiger partial charge in [0, 0.05) is 12.6 Å². The SMILES string of the molecule is O=C(/C=C/c1ccc(F)c(Cl)c1)N1CCCC1c1ccccc1. The average molecular weight is 330 g/mol. The predicted octanol–water partition coefficient (Wildman–Crippen LogP) is 4.86. The van der Waals surface area contributed by atoms with E-state index in [1.165, 1.54) is 18.2 Å². The summed E-state index contributed by atoms with van der Waals surface area (Å²) < 4.78 is 13.2. The first-order chi connectivity index (χ1) is 11.1. The average Bonchev–Trinajstić information content (AvgIpc) is 3.06. The van der Waals surface area contributed by atoms with Crippen molar-refractivity contribution in [3.63, 3.8) is 0 Å². The van der Waals surface area contributed by atoms with E-state index in [2.05, 4.69) is 12.1 Å². The van der Waals surface area contributed by atoms with Gasteiger partial charge in [0.2, 0.25) is 5.91 Å². The van der Waals surface area contributed by atoms with Gasteiger partial charge in [-0.05, 0) is 42.2 Å². The normalized spacial score (nSPS) is 17.8. The smallest absolute Gasteiger partial charge is 0.247 e. The van der Waals surface area contributed by atoms with Crippen LogP contribution in [0.3, 0.4) is 0 Å². The standard InChI is InChI=1S/C19H17ClFNO/c20-16-13-14(8-10-17(16)21)9-11-19(23)22-12-4-7-18(22)15-5-2-1-3-6-15/h1-3,5-6,8-11,13,18H,4,7,12H2/b11-9+. The maximum atomic E-state index is 13.2. The summed E-state index contributed by atoms with van der Waals surface area (Å²) >= 11 is 5.76. The number of likely N-dealkylation sites (tertiary alicyclic amines) is 1. The molecule has 118 valence electrons. The molecule has 1 saturated heterocycles. The molecule has 2 nitrogen and oxygen atoms in total. The molecule has 0 saturated carbocycles. The van der Waals surface area contributed by atoms with Crippen molar-refractivity contribution in [1.82, 2.24) is 4.90 Å². The lowest BCUT2D eigenvalue weighted by atomic mass is 10.0. The maximum absolute atomic E-state index is 13.2. The number of hydrogen-bond acceptors (Lipinski definition) is 1. The molecule has 1 unspecified atom stereocenters. The minimum atomic E-state index is -0.459. The molecule has 0 spiro atoms.